The van der Waals surface area contributed by atoms with Crippen LogP contribution >= 0.6 is 7.29 Å². The summed E-state index contributed by atoms with van der Waals surface area (Å²) in [5.41, 5.74) is 15.5. The Labute approximate surface area is 298 Å². The van der Waals surface area contributed by atoms with Gasteiger partial charge >= 0.3 is 0 Å². The molecule has 0 bridgehead atoms. The summed E-state index contributed by atoms with van der Waals surface area (Å²) in [7, 11) is -3.30. The third kappa shape index (κ3) is 4.68. The highest BCUT2D eigenvalue weighted by Gasteiger charge is 2.47. The van der Waals surface area contributed by atoms with Gasteiger partial charge in [0.25, 0.3) is 0 Å². The molecule has 0 N–H and O–H groups in total. The molecule has 8 aromatic rings. The van der Waals surface area contributed by atoms with Gasteiger partial charge in [0.05, 0.1) is 11.4 Å². The third-order valence-electron chi connectivity index (χ3n) is 10.4. The van der Waals surface area contributed by atoms with Gasteiger partial charge in [0.2, 0.25) is 7.29 Å². The van der Waals surface area contributed by atoms with Crippen molar-refractivity contribution in [1.82, 2.24) is 0 Å². The van der Waals surface area contributed by atoms with Crippen LogP contribution in [0.4, 0.5) is 11.4 Å². The summed E-state index contributed by atoms with van der Waals surface area (Å²) in [5, 5.41) is 1.76. The SMILES string of the molecule is O=P12c3ccccc3-c3cc(-c4cccc(-c5ccccc5)c4)ccc3N1c1ccc(-c3cccc(-c4ccccc4)c3)cc1-c1ccccc12. The highest BCUT2D eigenvalue weighted by atomic mass is 31.2. The first-order valence-electron chi connectivity index (χ1n) is 17.4. The minimum absolute atomic E-state index is 0.880. The summed E-state index contributed by atoms with van der Waals surface area (Å²) in [6.45, 7) is 0. The van der Waals surface area contributed by atoms with E-state index in [1.807, 2.05) is 24.3 Å². The molecule has 3 heteroatoms. The largest absolute Gasteiger partial charge is 0.289 e. The first-order valence-corrected chi connectivity index (χ1v) is 19.0. The normalized spacial score (nSPS) is 13.3. The number of anilines is 2. The fourth-order valence-electron chi connectivity index (χ4n) is 7.96. The predicted molar refractivity (Wildman–Crippen MR) is 215 cm³/mol. The van der Waals surface area contributed by atoms with E-state index in [2.05, 4.69) is 175 Å². The molecule has 2 aliphatic rings. The van der Waals surface area contributed by atoms with Gasteiger partial charge in [-0.3, -0.25) is 9.24 Å². The summed E-state index contributed by atoms with van der Waals surface area (Å²) >= 11 is 0. The lowest BCUT2D eigenvalue weighted by Crippen LogP contribution is -2.37. The average molecular weight is 670 g/mol. The average Bonchev–Trinajstić information content (AvgIpc) is 3.21. The number of benzene rings is 8. The van der Waals surface area contributed by atoms with E-state index < -0.39 is 7.29 Å². The number of hydrogen-bond donors (Lipinski definition) is 0. The quantitative estimate of drug-likeness (QED) is 0.174. The fourth-order valence-corrected chi connectivity index (χ4v) is 11.2. The Kier molecular flexibility index (Phi) is 6.81. The van der Waals surface area contributed by atoms with Gasteiger partial charge in [0, 0.05) is 21.7 Å². The van der Waals surface area contributed by atoms with Crippen molar-refractivity contribution in [3.63, 3.8) is 0 Å². The van der Waals surface area contributed by atoms with Gasteiger partial charge < -0.3 is 0 Å². The molecular weight excluding hydrogens is 638 g/mol. The minimum atomic E-state index is -3.30. The molecular formula is C48H32NOP. The van der Waals surface area contributed by atoms with Gasteiger partial charge in [-0.05, 0) is 104 Å². The van der Waals surface area contributed by atoms with E-state index >= 15 is 4.57 Å². The summed E-state index contributed by atoms with van der Waals surface area (Å²) in [5.74, 6) is 0. The Hall–Kier alpha value is -6.21. The highest BCUT2D eigenvalue weighted by Crippen LogP contribution is 2.66. The van der Waals surface area contributed by atoms with Gasteiger partial charge in [-0.25, -0.2) is 0 Å². The Balaban J connectivity index is 1.15. The maximum atomic E-state index is 16.0. The lowest BCUT2D eigenvalue weighted by atomic mass is 9.93. The molecule has 0 spiro atoms. The van der Waals surface area contributed by atoms with Crippen molar-refractivity contribution in [1.29, 1.82) is 0 Å². The molecule has 0 aromatic heterocycles. The van der Waals surface area contributed by atoms with Crippen molar-refractivity contribution in [2.45, 2.75) is 0 Å². The van der Waals surface area contributed by atoms with E-state index in [0.29, 0.717) is 0 Å². The Morgan fingerprint density at radius 3 is 1.10 bits per heavy atom. The summed E-state index contributed by atoms with van der Waals surface area (Å²) in [6, 6.07) is 68.3. The maximum Gasteiger partial charge on any atom is 0.235 e. The lowest BCUT2D eigenvalue weighted by molar-refractivity contribution is 0.586. The topological polar surface area (TPSA) is 20.3 Å². The number of hydrogen-bond acceptors (Lipinski definition) is 1. The van der Waals surface area contributed by atoms with Crippen LogP contribution in [0.1, 0.15) is 0 Å². The van der Waals surface area contributed by atoms with Gasteiger partial charge in [-0.1, -0.05) is 146 Å². The van der Waals surface area contributed by atoms with Gasteiger partial charge in [-0.2, -0.15) is 0 Å². The molecule has 0 radical (unpaired) electrons. The van der Waals surface area contributed by atoms with Crippen molar-refractivity contribution in [2.75, 3.05) is 4.67 Å². The molecule has 0 saturated carbocycles. The molecule has 0 aliphatic carbocycles. The highest BCUT2D eigenvalue weighted by molar-refractivity contribution is 7.81. The Morgan fingerprint density at radius 1 is 0.294 bits per heavy atom. The zero-order valence-electron chi connectivity index (χ0n) is 27.8. The van der Waals surface area contributed by atoms with E-state index in [4.69, 9.17) is 0 Å². The van der Waals surface area contributed by atoms with Crippen LogP contribution in [0.5, 0.6) is 0 Å². The molecule has 0 saturated heterocycles. The molecule has 51 heavy (non-hydrogen) atoms. The first kappa shape index (κ1) is 29.7. The predicted octanol–water partition coefficient (Wildman–Crippen LogP) is 12.4. The molecule has 0 amide bonds. The Morgan fingerprint density at radius 2 is 0.647 bits per heavy atom. The minimum Gasteiger partial charge on any atom is -0.289 e. The van der Waals surface area contributed by atoms with E-state index in [-0.39, 0.29) is 0 Å². The second-order valence-corrected chi connectivity index (χ2v) is 15.8. The zero-order chi connectivity index (χ0) is 33.9. The molecule has 0 unspecified atom stereocenters. The smallest absolute Gasteiger partial charge is 0.235 e. The van der Waals surface area contributed by atoms with Crippen LogP contribution in [0.15, 0.2) is 194 Å². The summed E-state index contributed by atoms with van der Waals surface area (Å²) in [6.07, 6.45) is 0. The van der Waals surface area contributed by atoms with E-state index in [1.165, 1.54) is 22.3 Å². The number of nitrogens with zero attached hydrogens (tertiary/aromatic N) is 1. The first-order chi connectivity index (χ1) is 25.2. The van der Waals surface area contributed by atoms with Crippen LogP contribution < -0.4 is 15.3 Å². The molecule has 2 nitrogen and oxygen atoms in total. The van der Waals surface area contributed by atoms with Gasteiger partial charge in [-0.15, -0.1) is 0 Å². The molecule has 0 atom stereocenters. The van der Waals surface area contributed by atoms with Gasteiger partial charge in [0.1, 0.15) is 0 Å². The zero-order valence-corrected chi connectivity index (χ0v) is 28.7. The van der Waals surface area contributed by atoms with Crippen molar-refractivity contribution < 1.29 is 4.57 Å². The van der Waals surface area contributed by atoms with Crippen LogP contribution in [-0.2, 0) is 4.57 Å². The van der Waals surface area contributed by atoms with E-state index in [0.717, 1.165) is 66.5 Å². The van der Waals surface area contributed by atoms with Crippen LogP contribution in [0.2, 0.25) is 0 Å². The fraction of sp³-hybridized carbons (Fsp3) is 0. The Bertz CT molecular complexity index is 2500. The van der Waals surface area contributed by atoms with Gasteiger partial charge in [0.15, 0.2) is 0 Å². The van der Waals surface area contributed by atoms with Crippen molar-refractivity contribution in [3.05, 3.63) is 194 Å². The lowest BCUT2D eigenvalue weighted by Gasteiger charge is -2.44. The van der Waals surface area contributed by atoms with E-state index in [9.17, 15) is 0 Å². The van der Waals surface area contributed by atoms with Crippen molar-refractivity contribution >= 4 is 29.3 Å². The van der Waals surface area contributed by atoms with Crippen LogP contribution in [-0.4, -0.2) is 0 Å². The van der Waals surface area contributed by atoms with Crippen LogP contribution in [0, 0.1) is 0 Å². The third-order valence-corrected chi connectivity index (χ3v) is 13.5. The van der Waals surface area contributed by atoms with Crippen molar-refractivity contribution in [3.8, 4) is 66.8 Å². The van der Waals surface area contributed by atoms with Crippen LogP contribution in [0.25, 0.3) is 66.8 Å². The summed E-state index contributed by atoms with van der Waals surface area (Å²) < 4.78 is 18.2. The monoisotopic (exact) mass is 669 g/mol. The molecule has 10 rings (SSSR count). The van der Waals surface area contributed by atoms with Crippen molar-refractivity contribution in [2.24, 2.45) is 0 Å². The maximum absolute atomic E-state index is 16.0. The standard InChI is InChI=1S/C48H32NOP/c50-51-47-23-9-7-21-41(47)43-31-39(37-19-11-17-35(29-37)33-13-3-1-4-14-33)25-27-45(43)49(51)46-28-26-40(32-44(46)42-22-8-10-24-48(42)51)38-20-12-18-36(30-38)34-15-5-2-6-16-34/h1-32H. The summed E-state index contributed by atoms with van der Waals surface area (Å²) in [4.78, 5) is 0. The second-order valence-electron chi connectivity index (χ2n) is 13.3. The number of rotatable bonds is 4. The van der Waals surface area contributed by atoms with E-state index in [1.54, 1.807) is 0 Å². The van der Waals surface area contributed by atoms with Crippen LogP contribution in [0.3, 0.4) is 0 Å². The molecule has 2 aliphatic heterocycles. The number of fused-ring (bicyclic) bond motifs is 11. The molecule has 8 aromatic carbocycles. The molecule has 0 fully saturated rings. The second kappa shape index (κ2) is 11.7. The molecule has 240 valence electrons. The molecule has 2 heterocycles.